The average Bonchev–Trinajstić information content (AvgIpc) is 3.22. The molecule has 39 heavy (non-hydrogen) atoms. The van der Waals surface area contributed by atoms with Gasteiger partial charge in [-0.3, -0.25) is 4.98 Å². The summed E-state index contributed by atoms with van der Waals surface area (Å²) in [4.78, 5) is 5.07. The zero-order valence-electron chi connectivity index (χ0n) is 22.1. The summed E-state index contributed by atoms with van der Waals surface area (Å²) in [5.41, 5.74) is 11.5. The number of rotatable bonds is 2. The first-order valence-corrected chi connectivity index (χ1v) is 13.7. The molecule has 0 saturated heterocycles. The Bertz CT molecular complexity index is 2040. The van der Waals surface area contributed by atoms with Gasteiger partial charge >= 0.3 is 0 Å². The molecule has 1 aromatic heterocycles. The quantitative estimate of drug-likeness (QED) is 0.217. The molecule has 7 aromatic rings. The largest absolute Gasteiger partial charge is 0.256 e. The van der Waals surface area contributed by atoms with Gasteiger partial charge in [0.15, 0.2) is 0 Å². The average molecular weight is 498 g/mol. The molecule has 0 spiro atoms. The van der Waals surface area contributed by atoms with E-state index in [1.807, 2.05) is 6.20 Å². The molecule has 0 N–H and O–H groups in total. The van der Waals surface area contributed by atoms with Gasteiger partial charge in [-0.15, -0.1) is 0 Å². The molecule has 184 valence electrons. The zero-order valence-corrected chi connectivity index (χ0v) is 22.1. The fraction of sp³-hybridized carbons (Fsp3) is 0.0789. The van der Waals surface area contributed by atoms with Gasteiger partial charge in [-0.05, 0) is 66.6 Å². The number of hydrogen-bond donors (Lipinski definition) is 0. The van der Waals surface area contributed by atoms with Crippen molar-refractivity contribution in [3.63, 3.8) is 0 Å². The minimum atomic E-state index is -0.0469. The predicted molar refractivity (Wildman–Crippen MR) is 165 cm³/mol. The minimum absolute atomic E-state index is 0.0469. The molecule has 8 rings (SSSR count). The second-order valence-electron chi connectivity index (χ2n) is 11.1. The van der Waals surface area contributed by atoms with Crippen molar-refractivity contribution in [3.05, 3.63) is 139 Å². The number of aromatic nitrogens is 1. The first kappa shape index (κ1) is 22.3. The van der Waals surface area contributed by atoms with Crippen LogP contribution in [0.5, 0.6) is 0 Å². The van der Waals surface area contributed by atoms with Crippen LogP contribution in [0.15, 0.2) is 128 Å². The Balaban J connectivity index is 1.55. The van der Waals surface area contributed by atoms with Gasteiger partial charge in [0.25, 0.3) is 0 Å². The van der Waals surface area contributed by atoms with Gasteiger partial charge in [0, 0.05) is 22.6 Å². The maximum absolute atomic E-state index is 5.07. The highest BCUT2D eigenvalue weighted by atomic mass is 14.7. The molecular formula is C38H27N. The molecule has 0 saturated carbocycles. The van der Waals surface area contributed by atoms with E-state index in [1.54, 1.807) is 0 Å². The molecule has 1 aliphatic carbocycles. The third-order valence-corrected chi connectivity index (χ3v) is 8.72. The molecule has 0 amide bonds. The number of pyridine rings is 1. The van der Waals surface area contributed by atoms with Crippen LogP contribution in [0.4, 0.5) is 0 Å². The van der Waals surface area contributed by atoms with E-state index in [1.165, 1.54) is 71.4 Å². The van der Waals surface area contributed by atoms with Crippen LogP contribution in [-0.4, -0.2) is 4.98 Å². The SMILES string of the molecule is CC1(C)c2ccccc2-c2c(-c3c4ccccc4c(-c4cccc5ccccc45)c4ncccc34)cccc21. The summed E-state index contributed by atoms with van der Waals surface area (Å²) in [6, 6.07) is 44.2. The smallest absolute Gasteiger partial charge is 0.0793 e. The highest BCUT2D eigenvalue weighted by Crippen LogP contribution is 2.54. The molecule has 1 aliphatic rings. The summed E-state index contributed by atoms with van der Waals surface area (Å²) in [5, 5.41) is 6.18. The number of nitrogens with zero attached hydrogens (tertiary/aromatic N) is 1. The molecule has 0 fully saturated rings. The van der Waals surface area contributed by atoms with Crippen molar-refractivity contribution < 1.29 is 0 Å². The molecule has 0 atom stereocenters. The second kappa shape index (κ2) is 8.12. The van der Waals surface area contributed by atoms with E-state index < -0.39 is 0 Å². The van der Waals surface area contributed by atoms with Gasteiger partial charge < -0.3 is 0 Å². The van der Waals surface area contributed by atoms with Crippen molar-refractivity contribution >= 4 is 32.4 Å². The number of hydrogen-bond acceptors (Lipinski definition) is 1. The fourth-order valence-corrected chi connectivity index (χ4v) is 6.97. The van der Waals surface area contributed by atoms with E-state index in [0.29, 0.717) is 0 Å². The molecule has 0 aliphatic heterocycles. The second-order valence-corrected chi connectivity index (χ2v) is 11.1. The highest BCUT2D eigenvalue weighted by molar-refractivity contribution is 6.23. The van der Waals surface area contributed by atoms with Crippen LogP contribution in [0.1, 0.15) is 25.0 Å². The Hall–Kier alpha value is -4.75. The molecule has 1 nitrogen and oxygen atoms in total. The van der Waals surface area contributed by atoms with Crippen molar-refractivity contribution in [2.24, 2.45) is 0 Å². The van der Waals surface area contributed by atoms with Gasteiger partial charge in [0.2, 0.25) is 0 Å². The summed E-state index contributed by atoms with van der Waals surface area (Å²) in [6.07, 6.45) is 1.93. The first-order valence-electron chi connectivity index (χ1n) is 13.7. The van der Waals surface area contributed by atoms with Crippen LogP contribution in [-0.2, 0) is 5.41 Å². The molecule has 1 heterocycles. The van der Waals surface area contributed by atoms with Crippen molar-refractivity contribution in [2.75, 3.05) is 0 Å². The van der Waals surface area contributed by atoms with Crippen molar-refractivity contribution in [3.8, 4) is 33.4 Å². The predicted octanol–water partition coefficient (Wildman–Crippen LogP) is 10.2. The summed E-state index contributed by atoms with van der Waals surface area (Å²) < 4.78 is 0. The van der Waals surface area contributed by atoms with Gasteiger partial charge in [0.1, 0.15) is 0 Å². The lowest BCUT2D eigenvalue weighted by molar-refractivity contribution is 0.660. The van der Waals surface area contributed by atoms with Crippen LogP contribution >= 0.6 is 0 Å². The topological polar surface area (TPSA) is 12.9 Å². The fourth-order valence-electron chi connectivity index (χ4n) is 6.97. The lowest BCUT2D eigenvalue weighted by Crippen LogP contribution is -2.14. The van der Waals surface area contributed by atoms with Gasteiger partial charge in [-0.2, -0.15) is 0 Å². The van der Waals surface area contributed by atoms with Gasteiger partial charge in [-0.1, -0.05) is 129 Å². The Morgan fingerprint density at radius 3 is 1.90 bits per heavy atom. The lowest BCUT2D eigenvalue weighted by atomic mass is 9.81. The van der Waals surface area contributed by atoms with Crippen LogP contribution in [0.3, 0.4) is 0 Å². The zero-order chi connectivity index (χ0) is 26.1. The van der Waals surface area contributed by atoms with Gasteiger partial charge in [0.05, 0.1) is 5.52 Å². The lowest BCUT2D eigenvalue weighted by Gasteiger charge is -2.22. The molecule has 0 bridgehead atoms. The van der Waals surface area contributed by atoms with Crippen LogP contribution in [0, 0.1) is 0 Å². The molecule has 6 aromatic carbocycles. The Labute approximate surface area is 228 Å². The summed E-state index contributed by atoms with van der Waals surface area (Å²) in [7, 11) is 0. The maximum Gasteiger partial charge on any atom is 0.0793 e. The monoisotopic (exact) mass is 497 g/mol. The van der Waals surface area contributed by atoms with Crippen LogP contribution in [0.25, 0.3) is 65.8 Å². The Morgan fingerprint density at radius 1 is 0.436 bits per heavy atom. The highest BCUT2D eigenvalue weighted by Gasteiger charge is 2.37. The third kappa shape index (κ3) is 3.05. The standard InChI is InChI=1S/C38H27N/c1-38(2)32-21-8-7-17-29(32)35-30(19-10-22-33(35)38)34-27-15-5-6-16-28(27)36(37-31(34)20-11-23-39-37)26-18-9-13-24-12-3-4-14-25(24)26/h3-23H,1-2H3. The van der Waals surface area contributed by atoms with E-state index in [0.717, 1.165) is 5.52 Å². The van der Waals surface area contributed by atoms with Crippen molar-refractivity contribution in [1.29, 1.82) is 0 Å². The molecule has 0 radical (unpaired) electrons. The summed E-state index contributed by atoms with van der Waals surface area (Å²) in [6.45, 7) is 4.70. The molecule has 1 heteroatoms. The summed E-state index contributed by atoms with van der Waals surface area (Å²) in [5.74, 6) is 0. The van der Waals surface area contributed by atoms with E-state index in [2.05, 4.69) is 135 Å². The van der Waals surface area contributed by atoms with Crippen molar-refractivity contribution in [1.82, 2.24) is 4.98 Å². The Kier molecular flexibility index (Phi) is 4.63. The molecule has 0 unspecified atom stereocenters. The van der Waals surface area contributed by atoms with E-state index in [-0.39, 0.29) is 5.41 Å². The van der Waals surface area contributed by atoms with Gasteiger partial charge in [-0.25, -0.2) is 0 Å². The molecular weight excluding hydrogens is 470 g/mol. The van der Waals surface area contributed by atoms with Crippen molar-refractivity contribution in [2.45, 2.75) is 19.3 Å². The van der Waals surface area contributed by atoms with E-state index in [4.69, 9.17) is 4.98 Å². The van der Waals surface area contributed by atoms with E-state index >= 15 is 0 Å². The minimum Gasteiger partial charge on any atom is -0.256 e. The number of fused-ring (bicyclic) bond motifs is 6. The summed E-state index contributed by atoms with van der Waals surface area (Å²) >= 11 is 0. The normalized spacial score (nSPS) is 13.6. The number of benzene rings is 6. The Morgan fingerprint density at radius 2 is 1.03 bits per heavy atom. The maximum atomic E-state index is 5.07. The van der Waals surface area contributed by atoms with E-state index in [9.17, 15) is 0 Å². The first-order chi connectivity index (χ1) is 19.1. The third-order valence-electron chi connectivity index (χ3n) is 8.72. The van der Waals surface area contributed by atoms with Crippen LogP contribution in [0.2, 0.25) is 0 Å². The van der Waals surface area contributed by atoms with Crippen LogP contribution < -0.4 is 0 Å².